The molecule has 0 atom stereocenters. The number of anilines is 1. The highest BCUT2D eigenvalue weighted by Crippen LogP contribution is 2.54. The van der Waals surface area contributed by atoms with Crippen molar-refractivity contribution >= 4 is 12.0 Å². The van der Waals surface area contributed by atoms with E-state index in [9.17, 15) is 4.79 Å². The molecular formula is C17H23NO3. The Morgan fingerprint density at radius 3 is 2.48 bits per heavy atom. The molecule has 2 fully saturated rings. The highest BCUT2D eigenvalue weighted by atomic mass is 16.7. The Bertz CT molecular complexity index is 525. The van der Waals surface area contributed by atoms with E-state index in [4.69, 9.17) is 9.47 Å². The van der Waals surface area contributed by atoms with E-state index in [1.807, 2.05) is 19.1 Å². The molecule has 1 aliphatic carbocycles. The number of ether oxygens (including phenoxy) is 2. The van der Waals surface area contributed by atoms with E-state index in [-0.39, 0.29) is 6.29 Å². The van der Waals surface area contributed by atoms with Crippen LogP contribution >= 0.6 is 0 Å². The minimum atomic E-state index is -0.0567. The summed E-state index contributed by atoms with van der Waals surface area (Å²) in [6.45, 7) is 4.19. The maximum absolute atomic E-state index is 10.9. The van der Waals surface area contributed by atoms with Crippen LogP contribution in [0.4, 0.5) is 5.69 Å². The van der Waals surface area contributed by atoms with Gasteiger partial charge in [-0.2, -0.15) is 0 Å². The van der Waals surface area contributed by atoms with Crippen LogP contribution in [0.15, 0.2) is 18.2 Å². The largest absolute Gasteiger partial charge is 0.370 e. The molecule has 21 heavy (non-hydrogen) atoms. The number of rotatable bonds is 5. The van der Waals surface area contributed by atoms with Crippen molar-refractivity contribution < 1.29 is 14.3 Å². The van der Waals surface area contributed by atoms with Gasteiger partial charge in [0.1, 0.15) is 6.29 Å². The van der Waals surface area contributed by atoms with E-state index in [0.29, 0.717) is 11.3 Å². The highest BCUT2D eigenvalue weighted by Gasteiger charge is 2.54. The maximum atomic E-state index is 10.9. The number of carbonyl (C=O) groups is 1. The summed E-state index contributed by atoms with van der Waals surface area (Å²) in [5.41, 5.74) is 3.51. The molecule has 1 aromatic rings. The second-order valence-electron chi connectivity index (χ2n) is 6.52. The quantitative estimate of drug-likeness (QED) is 0.617. The summed E-state index contributed by atoms with van der Waals surface area (Å²) >= 11 is 0. The molecule has 0 bridgehead atoms. The lowest BCUT2D eigenvalue weighted by atomic mass is 9.57. The number of aryl methyl sites for hydroxylation is 1. The Balaban J connectivity index is 1.57. The molecule has 3 rings (SSSR count). The number of hydrogen-bond acceptors (Lipinski definition) is 4. The smallest absolute Gasteiger partial charge is 0.159 e. The Labute approximate surface area is 126 Å². The van der Waals surface area contributed by atoms with Gasteiger partial charge in [0.05, 0.1) is 0 Å². The van der Waals surface area contributed by atoms with Gasteiger partial charge in [-0.25, -0.2) is 0 Å². The van der Waals surface area contributed by atoms with Gasteiger partial charge in [-0.05, 0) is 43.5 Å². The lowest BCUT2D eigenvalue weighted by Crippen LogP contribution is -2.64. The third kappa shape index (κ3) is 2.47. The van der Waals surface area contributed by atoms with Crippen molar-refractivity contribution in [3.8, 4) is 0 Å². The van der Waals surface area contributed by atoms with E-state index in [1.54, 1.807) is 14.2 Å². The van der Waals surface area contributed by atoms with Crippen LogP contribution < -0.4 is 4.90 Å². The summed E-state index contributed by atoms with van der Waals surface area (Å²) in [7, 11) is 3.42. The standard InChI is InChI=1S/C17H23NO3/c1-12-6-15(5-4-13(12)9-19)18-10-17(11-18)7-14(8-17)16(20-2)21-3/h4-6,9,14,16H,7-8,10-11H2,1-3H3. The van der Waals surface area contributed by atoms with Crippen LogP contribution in [0, 0.1) is 18.3 Å². The molecular weight excluding hydrogens is 266 g/mol. The van der Waals surface area contributed by atoms with E-state index < -0.39 is 0 Å². The molecule has 0 aromatic heterocycles. The van der Waals surface area contributed by atoms with Crippen molar-refractivity contribution in [1.29, 1.82) is 0 Å². The predicted molar refractivity (Wildman–Crippen MR) is 81.7 cm³/mol. The van der Waals surface area contributed by atoms with Gasteiger partial charge in [-0.1, -0.05) is 0 Å². The second-order valence-corrected chi connectivity index (χ2v) is 6.52. The number of hydrogen-bond donors (Lipinski definition) is 0. The second kappa shape index (κ2) is 5.43. The van der Waals surface area contributed by atoms with Gasteiger partial charge in [0.25, 0.3) is 0 Å². The molecule has 2 aliphatic rings. The predicted octanol–water partition coefficient (Wildman–Crippen LogP) is 2.64. The fourth-order valence-electron chi connectivity index (χ4n) is 3.92. The van der Waals surface area contributed by atoms with Crippen LogP contribution in [0.1, 0.15) is 28.8 Å². The molecule has 1 aliphatic heterocycles. The number of nitrogens with zero attached hydrogens (tertiary/aromatic N) is 1. The zero-order chi connectivity index (χ0) is 15.0. The fourth-order valence-corrected chi connectivity index (χ4v) is 3.92. The van der Waals surface area contributed by atoms with Crippen LogP contribution in [-0.4, -0.2) is 39.9 Å². The first-order valence-corrected chi connectivity index (χ1v) is 7.47. The lowest BCUT2D eigenvalue weighted by molar-refractivity contribution is -0.184. The minimum Gasteiger partial charge on any atom is -0.370 e. The zero-order valence-corrected chi connectivity index (χ0v) is 13.0. The molecule has 1 saturated heterocycles. The minimum absolute atomic E-state index is 0.0567. The molecule has 1 aromatic carbocycles. The topological polar surface area (TPSA) is 38.8 Å². The number of benzene rings is 1. The van der Waals surface area contributed by atoms with E-state index in [0.717, 1.165) is 30.5 Å². The Morgan fingerprint density at radius 2 is 1.95 bits per heavy atom. The highest BCUT2D eigenvalue weighted by molar-refractivity contribution is 5.78. The lowest BCUT2D eigenvalue weighted by Gasteiger charge is -2.60. The maximum Gasteiger partial charge on any atom is 0.159 e. The van der Waals surface area contributed by atoms with E-state index >= 15 is 0 Å². The first-order chi connectivity index (χ1) is 10.1. The molecule has 0 unspecified atom stereocenters. The van der Waals surface area contributed by atoms with E-state index in [1.165, 1.54) is 18.5 Å². The van der Waals surface area contributed by atoms with Crippen molar-refractivity contribution in [2.45, 2.75) is 26.1 Å². The number of aldehydes is 1. The molecule has 1 saturated carbocycles. The van der Waals surface area contributed by atoms with Crippen LogP contribution in [-0.2, 0) is 9.47 Å². The summed E-state index contributed by atoms with van der Waals surface area (Å²) in [6.07, 6.45) is 3.23. The first-order valence-electron chi connectivity index (χ1n) is 7.47. The Hall–Kier alpha value is -1.39. The molecule has 4 heteroatoms. The molecule has 114 valence electrons. The van der Waals surface area contributed by atoms with Crippen molar-refractivity contribution in [2.75, 3.05) is 32.2 Å². The van der Waals surface area contributed by atoms with Crippen LogP contribution in [0.2, 0.25) is 0 Å². The molecule has 1 heterocycles. The Morgan fingerprint density at radius 1 is 1.29 bits per heavy atom. The van der Waals surface area contributed by atoms with Crippen molar-refractivity contribution in [3.05, 3.63) is 29.3 Å². The molecule has 4 nitrogen and oxygen atoms in total. The fraction of sp³-hybridized carbons (Fsp3) is 0.588. The summed E-state index contributed by atoms with van der Waals surface area (Å²) in [5.74, 6) is 0.529. The van der Waals surface area contributed by atoms with Crippen molar-refractivity contribution in [2.24, 2.45) is 11.3 Å². The first kappa shape index (κ1) is 14.5. The summed E-state index contributed by atoms with van der Waals surface area (Å²) in [5, 5.41) is 0. The summed E-state index contributed by atoms with van der Waals surface area (Å²) in [4.78, 5) is 13.3. The molecule has 0 N–H and O–H groups in total. The van der Waals surface area contributed by atoms with Gasteiger partial charge < -0.3 is 14.4 Å². The monoisotopic (exact) mass is 289 g/mol. The average molecular weight is 289 g/mol. The van der Waals surface area contributed by atoms with Crippen LogP contribution in [0.3, 0.4) is 0 Å². The van der Waals surface area contributed by atoms with Gasteiger partial charge in [0, 0.05) is 49.9 Å². The SMILES string of the molecule is COC(OC)C1CC2(C1)CN(c1ccc(C=O)c(C)c1)C2. The van der Waals surface area contributed by atoms with Crippen molar-refractivity contribution in [3.63, 3.8) is 0 Å². The third-order valence-electron chi connectivity index (χ3n) is 5.04. The number of carbonyl (C=O) groups excluding carboxylic acids is 1. The van der Waals surface area contributed by atoms with Gasteiger partial charge >= 0.3 is 0 Å². The molecule has 0 amide bonds. The number of methoxy groups -OCH3 is 2. The van der Waals surface area contributed by atoms with E-state index in [2.05, 4.69) is 11.0 Å². The summed E-state index contributed by atoms with van der Waals surface area (Å²) < 4.78 is 10.7. The van der Waals surface area contributed by atoms with Gasteiger partial charge in [0.2, 0.25) is 0 Å². The van der Waals surface area contributed by atoms with Crippen molar-refractivity contribution in [1.82, 2.24) is 0 Å². The van der Waals surface area contributed by atoms with Crippen LogP contribution in [0.25, 0.3) is 0 Å². The normalized spacial score (nSPS) is 20.5. The zero-order valence-electron chi connectivity index (χ0n) is 13.0. The van der Waals surface area contributed by atoms with Gasteiger partial charge in [-0.3, -0.25) is 4.79 Å². The van der Waals surface area contributed by atoms with Gasteiger partial charge in [0.15, 0.2) is 6.29 Å². The average Bonchev–Trinajstić information content (AvgIpc) is 2.40. The molecule has 0 radical (unpaired) electrons. The molecule has 1 spiro atoms. The summed E-state index contributed by atoms with van der Waals surface area (Å²) in [6, 6.07) is 6.07. The Kier molecular flexibility index (Phi) is 3.76. The van der Waals surface area contributed by atoms with Crippen LogP contribution in [0.5, 0.6) is 0 Å². The van der Waals surface area contributed by atoms with Gasteiger partial charge in [-0.15, -0.1) is 0 Å². The third-order valence-corrected chi connectivity index (χ3v) is 5.04.